The molecule has 0 fully saturated rings. The molecule has 118 valence electrons. The van der Waals surface area contributed by atoms with Crippen molar-refractivity contribution >= 4 is 35.0 Å². The van der Waals surface area contributed by atoms with Crippen LogP contribution in [-0.2, 0) is 9.59 Å². The predicted octanol–water partition coefficient (Wildman–Crippen LogP) is 3.04. The molecular formula is C16H12F2N2O2S. The van der Waals surface area contributed by atoms with Crippen molar-refractivity contribution in [3.8, 4) is 0 Å². The number of rotatable bonds is 3. The second kappa shape index (κ2) is 6.37. The van der Waals surface area contributed by atoms with Crippen molar-refractivity contribution in [3.05, 3.63) is 54.1 Å². The third-order valence-corrected chi connectivity index (χ3v) is 4.30. The molecule has 2 amide bonds. The topological polar surface area (TPSA) is 49.4 Å². The van der Waals surface area contributed by atoms with E-state index in [9.17, 15) is 18.4 Å². The number of halogens is 2. The lowest BCUT2D eigenvalue weighted by Gasteiger charge is -2.28. The highest BCUT2D eigenvalue weighted by Gasteiger charge is 2.26. The zero-order chi connectivity index (χ0) is 16.4. The van der Waals surface area contributed by atoms with Crippen LogP contribution in [0.3, 0.4) is 0 Å². The smallest absolute Gasteiger partial charge is 0.244 e. The Bertz CT molecular complexity index is 762. The van der Waals surface area contributed by atoms with Crippen molar-refractivity contribution in [2.75, 3.05) is 22.5 Å². The molecular weight excluding hydrogens is 322 g/mol. The van der Waals surface area contributed by atoms with Gasteiger partial charge in [-0.05, 0) is 24.3 Å². The van der Waals surface area contributed by atoms with Crippen LogP contribution in [0.2, 0.25) is 0 Å². The van der Waals surface area contributed by atoms with Gasteiger partial charge in [0.25, 0.3) is 0 Å². The number of carbonyl (C=O) groups is 2. The van der Waals surface area contributed by atoms with Crippen LogP contribution in [-0.4, -0.2) is 24.1 Å². The molecule has 1 aliphatic rings. The standard InChI is InChI=1S/C16H12F2N2O2S/c17-10-5-11(18)7-12(6-10)19-15(21)8-20-13-3-1-2-4-14(13)23-9-16(20)22/h1-7H,8-9H2,(H,19,21). The highest BCUT2D eigenvalue weighted by molar-refractivity contribution is 8.00. The summed E-state index contributed by atoms with van der Waals surface area (Å²) in [6.07, 6.45) is 0. The molecule has 7 heteroatoms. The van der Waals surface area contributed by atoms with Gasteiger partial charge in [0.1, 0.15) is 18.2 Å². The maximum atomic E-state index is 13.1. The first-order valence-electron chi connectivity index (χ1n) is 6.81. The van der Waals surface area contributed by atoms with Crippen molar-refractivity contribution < 1.29 is 18.4 Å². The summed E-state index contributed by atoms with van der Waals surface area (Å²) < 4.78 is 26.3. The van der Waals surface area contributed by atoms with Gasteiger partial charge >= 0.3 is 0 Å². The van der Waals surface area contributed by atoms with Gasteiger partial charge in [-0.15, -0.1) is 11.8 Å². The summed E-state index contributed by atoms with van der Waals surface area (Å²) in [7, 11) is 0. The number of amides is 2. The van der Waals surface area contributed by atoms with Gasteiger partial charge in [0, 0.05) is 16.6 Å². The van der Waals surface area contributed by atoms with E-state index in [0.29, 0.717) is 5.69 Å². The molecule has 0 bridgehead atoms. The first-order chi connectivity index (χ1) is 11.0. The van der Waals surface area contributed by atoms with Crippen molar-refractivity contribution in [2.45, 2.75) is 4.90 Å². The Kier molecular flexibility index (Phi) is 4.29. The third kappa shape index (κ3) is 3.50. The van der Waals surface area contributed by atoms with Crippen LogP contribution >= 0.6 is 11.8 Å². The van der Waals surface area contributed by atoms with Crippen LogP contribution in [0.4, 0.5) is 20.2 Å². The fourth-order valence-electron chi connectivity index (χ4n) is 2.30. The van der Waals surface area contributed by atoms with Gasteiger partial charge in [0.15, 0.2) is 0 Å². The molecule has 2 aromatic rings. The molecule has 1 heterocycles. The number of hydrogen-bond donors (Lipinski definition) is 1. The highest BCUT2D eigenvalue weighted by atomic mass is 32.2. The Morgan fingerprint density at radius 3 is 2.61 bits per heavy atom. The maximum absolute atomic E-state index is 13.1. The first kappa shape index (κ1) is 15.5. The number of fused-ring (bicyclic) bond motifs is 1. The van der Waals surface area contributed by atoms with Crippen molar-refractivity contribution in [1.82, 2.24) is 0 Å². The summed E-state index contributed by atoms with van der Waals surface area (Å²) in [4.78, 5) is 26.4. The van der Waals surface area contributed by atoms with Gasteiger partial charge in [-0.1, -0.05) is 12.1 Å². The van der Waals surface area contributed by atoms with E-state index in [4.69, 9.17) is 0 Å². The van der Waals surface area contributed by atoms with E-state index in [2.05, 4.69) is 5.32 Å². The lowest BCUT2D eigenvalue weighted by Crippen LogP contribution is -2.41. The molecule has 3 rings (SSSR count). The number of benzene rings is 2. The van der Waals surface area contributed by atoms with Crippen molar-refractivity contribution in [1.29, 1.82) is 0 Å². The maximum Gasteiger partial charge on any atom is 0.244 e. The third-order valence-electron chi connectivity index (χ3n) is 3.26. The fraction of sp³-hybridized carbons (Fsp3) is 0.125. The van der Waals surface area contributed by atoms with Gasteiger partial charge in [0.2, 0.25) is 11.8 Å². The summed E-state index contributed by atoms with van der Waals surface area (Å²) in [6.45, 7) is -0.214. The number of anilines is 2. The summed E-state index contributed by atoms with van der Waals surface area (Å²) in [5.74, 6) is -2.02. The number of nitrogens with one attached hydrogen (secondary N) is 1. The van der Waals surface area contributed by atoms with Gasteiger partial charge in [-0.2, -0.15) is 0 Å². The molecule has 0 saturated heterocycles. The molecule has 0 atom stereocenters. The van der Waals surface area contributed by atoms with E-state index in [1.54, 1.807) is 12.1 Å². The minimum atomic E-state index is -0.781. The number of para-hydroxylation sites is 1. The quantitative estimate of drug-likeness (QED) is 0.939. The normalized spacial score (nSPS) is 13.7. The van der Waals surface area contributed by atoms with E-state index < -0.39 is 17.5 Å². The average Bonchev–Trinajstić information content (AvgIpc) is 2.49. The Balaban J connectivity index is 1.76. The Hall–Kier alpha value is -2.41. The molecule has 0 aliphatic carbocycles. The molecule has 0 aromatic heterocycles. The lowest BCUT2D eigenvalue weighted by atomic mass is 10.2. The summed E-state index contributed by atoms with van der Waals surface area (Å²) in [6, 6.07) is 10.0. The summed E-state index contributed by atoms with van der Waals surface area (Å²) in [5, 5.41) is 2.40. The molecule has 0 unspecified atom stereocenters. The lowest BCUT2D eigenvalue weighted by molar-refractivity contribution is -0.120. The second-order valence-electron chi connectivity index (χ2n) is 4.94. The molecule has 4 nitrogen and oxygen atoms in total. The number of nitrogens with zero attached hydrogens (tertiary/aromatic N) is 1. The second-order valence-corrected chi connectivity index (χ2v) is 5.96. The first-order valence-corrected chi connectivity index (χ1v) is 7.79. The van der Waals surface area contributed by atoms with Gasteiger partial charge in [-0.3, -0.25) is 9.59 Å². The van der Waals surface area contributed by atoms with Crippen LogP contribution in [0.1, 0.15) is 0 Å². The van der Waals surface area contributed by atoms with Crippen LogP contribution in [0.15, 0.2) is 47.4 Å². The SMILES string of the molecule is O=C(CN1C(=O)CSc2ccccc21)Nc1cc(F)cc(F)c1. The monoisotopic (exact) mass is 334 g/mol. The zero-order valence-corrected chi connectivity index (χ0v) is 12.7. The van der Waals surface area contributed by atoms with Crippen LogP contribution in [0.25, 0.3) is 0 Å². The molecule has 23 heavy (non-hydrogen) atoms. The molecule has 1 aliphatic heterocycles. The minimum Gasteiger partial charge on any atom is -0.324 e. The molecule has 0 spiro atoms. The van der Waals surface area contributed by atoms with E-state index >= 15 is 0 Å². The molecule has 0 radical (unpaired) electrons. The zero-order valence-electron chi connectivity index (χ0n) is 11.9. The van der Waals surface area contributed by atoms with Crippen LogP contribution < -0.4 is 10.2 Å². The number of hydrogen-bond acceptors (Lipinski definition) is 3. The summed E-state index contributed by atoms with van der Waals surface area (Å²) >= 11 is 1.41. The minimum absolute atomic E-state index is 0.0135. The van der Waals surface area contributed by atoms with E-state index in [0.717, 1.165) is 23.1 Å². The largest absolute Gasteiger partial charge is 0.324 e. The fourth-order valence-corrected chi connectivity index (χ4v) is 3.23. The van der Waals surface area contributed by atoms with Gasteiger partial charge < -0.3 is 10.2 Å². The summed E-state index contributed by atoms with van der Waals surface area (Å²) in [5.41, 5.74) is 0.675. The van der Waals surface area contributed by atoms with Crippen LogP contribution in [0.5, 0.6) is 0 Å². The molecule has 1 N–H and O–H groups in total. The number of carbonyl (C=O) groups excluding carboxylic acids is 2. The Labute approximate surface area is 135 Å². The Morgan fingerprint density at radius 1 is 1.17 bits per heavy atom. The average molecular weight is 334 g/mol. The predicted molar refractivity (Wildman–Crippen MR) is 84.5 cm³/mol. The van der Waals surface area contributed by atoms with E-state index in [-0.39, 0.29) is 23.9 Å². The van der Waals surface area contributed by atoms with E-state index in [1.165, 1.54) is 16.7 Å². The van der Waals surface area contributed by atoms with Crippen molar-refractivity contribution in [2.24, 2.45) is 0 Å². The van der Waals surface area contributed by atoms with Gasteiger partial charge in [-0.25, -0.2) is 8.78 Å². The van der Waals surface area contributed by atoms with E-state index in [1.807, 2.05) is 12.1 Å². The van der Waals surface area contributed by atoms with Gasteiger partial charge in [0.05, 0.1) is 11.4 Å². The van der Waals surface area contributed by atoms with Crippen molar-refractivity contribution in [3.63, 3.8) is 0 Å². The number of thioether (sulfide) groups is 1. The highest BCUT2D eigenvalue weighted by Crippen LogP contribution is 2.34. The molecule has 2 aromatic carbocycles. The van der Waals surface area contributed by atoms with Crippen LogP contribution in [0, 0.1) is 11.6 Å². The molecule has 0 saturated carbocycles. The Morgan fingerprint density at radius 2 is 1.87 bits per heavy atom.